The number of halogens is 2. The fourth-order valence-corrected chi connectivity index (χ4v) is 2.66. The van der Waals surface area contributed by atoms with Gasteiger partial charge in [0.15, 0.2) is 0 Å². The average molecular weight is 313 g/mol. The van der Waals surface area contributed by atoms with E-state index >= 15 is 0 Å². The number of benzene rings is 1. The summed E-state index contributed by atoms with van der Waals surface area (Å²) in [5.74, 6) is 1.20. The summed E-state index contributed by atoms with van der Waals surface area (Å²) in [4.78, 5) is 7.86. The molecular formula is C14H18BrFN2. The van der Waals surface area contributed by atoms with Crippen molar-refractivity contribution in [2.24, 2.45) is 0 Å². The van der Waals surface area contributed by atoms with Crippen molar-refractivity contribution in [3.8, 4) is 0 Å². The van der Waals surface area contributed by atoms with Crippen molar-refractivity contribution < 1.29 is 4.39 Å². The monoisotopic (exact) mass is 312 g/mol. The van der Waals surface area contributed by atoms with Gasteiger partial charge in [0.2, 0.25) is 0 Å². The molecule has 0 amide bonds. The standard InChI is InChI=1S/C14H18BrFN2/c1-3-5-9(6-4-2)14-17-12-7-10(15)11(16)8-13(12)18-14/h7-9H,3-6H2,1-2H3,(H,17,18). The molecule has 2 nitrogen and oxygen atoms in total. The summed E-state index contributed by atoms with van der Waals surface area (Å²) in [5.41, 5.74) is 1.61. The molecule has 1 N–H and O–H groups in total. The minimum atomic E-state index is -0.250. The fraction of sp³-hybridized carbons (Fsp3) is 0.500. The second-order valence-electron chi connectivity index (χ2n) is 4.68. The molecule has 0 atom stereocenters. The number of aromatic amines is 1. The van der Waals surface area contributed by atoms with E-state index < -0.39 is 0 Å². The van der Waals surface area contributed by atoms with E-state index in [2.05, 4.69) is 39.7 Å². The molecule has 0 saturated carbocycles. The Bertz CT molecular complexity index is 491. The summed E-state index contributed by atoms with van der Waals surface area (Å²) in [6, 6.07) is 3.24. The van der Waals surface area contributed by atoms with Crippen LogP contribution in [0.3, 0.4) is 0 Å². The van der Waals surface area contributed by atoms with E-state index in [-0.39, 0.29) is 5.82 Å². The second kappa shape index (κ2) is 5.83. The van der Waals surface area contributed by atoms with Crippen LogP contribution in [0.1, 0.15) is 51.3 Å². The van der Waals surface area contributed by atoms with Gasteiger partial charge in [0.05, 0.1) is 15.5 Å². The maximum Gasteiger partial charge on any atom is 0.139 e. The van der Waals surface area contributed by atoms with Crippen LogP contribution in [0.2, 0.25) is 0 Å². The Kier molecular flexibility index (Phi) is 4.38. The summed E-state index contributed by atoms with van der Waals surface area (Å²) in [6.07, 6.45) is 4.52. The van der Waals surface area contributed by atoms with Crippen LogP contribution < -0.4 is 0 Å². The Morgan fingerprint density at radius 3 is 2.56 bits per heavy atom. The molecule has 0 radical (unpaired) electrons. The molecule has 0 saturated heterocycles. The lowest BCUT2D eigenvalue weighted by Gasteiger charge is -2.11. The zero-order valence-electron chi connectivity index (χ0n) is 10.8. The fourth-order valence-electron chi connectivity index (χ4n) is 2.33. The third-order valence-electron chi connectivity index (χ3n) is 3.20. The van der Waals surface area contributed by atoms with Gasteiger partial charge in [-0.15, -0.1) is 0 Å². The number of imidazole rings is 1. The predicted octanol–water partition coefficient (Wildman–Crippen LogP) is 5.15. The minimum absolute atomic E-state index is 0.250. The highest BCUT2D eigenvalue weighted by Crippen LogP contribution is 2.28. The minimum Gasteiger partial charge on any atom is -0.342 e. The van der Waals surface area contributed by atoms with Crippen LogP contribution in [-0.4, -0.2) is 9.97 Å². The molecule has 0 aliphatic carbocycles. The average Bonchev–Trinajstić information content (AvgIpc) is 2.72. The Hall–Kier alpha value is -0.900. The van der Waals surface area contributed by atoms with Gasteiger partial charge in [-0.25, -0.2) is 9.37 Å². The van der Waals surface area contributed by atoms with Gasteiger partial charge in [-0.05, 0) is 34.8 Å². The maximum absolute atomic E-state index is 13.5. The largest absolute Gasteiger partial charge is 0.342 e. The number of nitrogens with one attached hydrogen (secondary N) is 1. The summed E-state index contributed by atoms with van der Waals surface area (Å²) in [5, 5.41) is 0. The first-order valence-corrected chi connectivity index (χ1v) is 7.29. The van der Waals surface area contributed by atoms with Gasteiger partial charge < -0.3 is 4.98 Å². The number of rotatable bonds is 5. The quantitative estimate of drug-likeness (QED) is 0.812. The Balaban J connectivity index is 2.38. The number of nitrogens with zero attached hydrogens (tertiary/aromatic N) is 1. The summed E-state index contributed by atoms with van der Waals surface area (Å²) >= 11 is 3.20. The molecule has 0 unspecified atom stereocenters. The van der Waals surface area contributed by atoms with E-state index in [1.807, 2.05) is 0 Å². The van der Waals surface area contributed by atoms with Crippen LogP contribution in [0.15, 0.2) is 16.6 Å². The summed E-state index contributed by atoms with van der Waals surface area (Å²) < 4.78 is 13.9. The van der Waals surface area contributed by atoms with E-state index in [0.29, 0.717) is 10.4 Å². The number of hydrogen-bond donors (Lipinski definition) is 1. The predicted molar refractivity (Wildman–Crippen MR) is 76.3 cm³/mol. The Labute approximate surface area is 115 Å². The second-order valence-corrected chi connectivity index (χ2v) is 5.53. The van der Waals surface area contributed by atoms with Gasteiger partial charge in [0, 0.05) is 12.0 Å². The van der Waals surface area contributed by atoms with E-state index in [4.69, 9.17) is 0 Å². The van der Waals surface area contributed by atoms with Gasteiger partial charge in [-0.2, -0.15) is 0 Å². The van der Waals surface area contributed by atoms with Crippen molar-refractivity contribution in [1.82, 2.24) is 9.97 Å². The Morgan fingerprint density at radius 2 is 1.94 bits per heavy atom. The lowest BCUT2D eigenvalue weighted by Crippen LogP contribution is -2.00. The topological polar surface area (TPSA) is 28.7 Å². The van der Waals surface area contributed by atoms with Gasteiger partial charge in [-0.1, -0.05) is 26.7 Å². The highest BCUT2D eigenvalue weighted by molar-refractivity contribution is 9.10. The van der Waals surface area contributed by atoms with Crippen molar-refractivity contribution in [3.05, 3.63) is 28.2 Å². The van der Waals surface area contributed by atoms with E-state index in [0.717, 1.165) is 42.5 Å². The van der Waals surface area contributed by atoms with Crippen LogP contribution in [0.5, 0.6) is 0 Å². The van der Waals surface area contributed by atoms with Crippen LogP contribution in [0.4, 0.5) is 4.39 Å². The molecule has 2 rings (SSSR count). The van der Waals surface area contributed by atoms with E-state index in [9.17, 15) is 4.39 Å². The van der Waals surface area contributed by atoms with Crippen molar-refractivity contribution in [2.75, 3.05) is 0 Å². The van der Waals surface area contributed by atoms with Crippen molar-refractivity contribution >= 4 is 27.0 Å². The number of aromatic nitrogens is 2. The van der Waals surface area contributed by atoms with Gasteiger partial charge in [-0.3, -0.25) is 0 Å². The van der Waals surface area contributed by atoms with Gasteiger partial charge in [0.25, 0.3) is 0 Å². The zero-order valence-corrected chi connectivity index (χ0v) is 12.3. The third kappa shape index (κ3) is 2.74. The van der Waals surface area contributed by atoms with E-state index in [1.165, 1.54) is 6.07 Å². The number of fused-ring (bicyclic) bond motifs is 1. The summed E-state index contributed by atoms with van der Waals surface area (Å²) in [6.45, 7) is 4.36. The molecule has 0 bridgehead atoms. The smallest absolute Gasteiger partial charge is 0.139 e. The lowest BCUT2D eigenvalue weighted by molar-refractivity contribution is 0.539. The molecule has 0 aliphatic heterocycles. The van der Waals surface area contributed by atoms with Crippen molar-refractivity contribution in [3.63, 3.8) is 0 Å². The lowest BCUT2D eigenvalue weighted by atomic mass is 9.98. The Morgan fingerprint density at radius 1 is 1.28 bits per heavy atom. The molecule has 2 aromatic rings. The first-order valence-electron chi connectivity index (χ1n) is 6.50. The van der Waals surface area contributed by atoms with Crippen molar-refractivity contribution in [2.45, 2.75) is 45.4 Å². The SMILES string of the molecule is CCCC(CCC)c1nc2cc(Br)c(F)cc2[nH]1. The highest BCUT2D eigenvalue weighted by Gasteiger charge is 2.15. The number of hydrogen-bond acceptors (Lipinski definition) is 1. The molecule has 0 aliphatic rings. The molecule has 1 aromatic carbocycles. The first-order chi connectivity index (χ1) is 8.65. The number of H-pyrrole nitrogens is 1. The molecule has 1 aromatic heterocycles. The van der Waals surface area contributed by atoms with Crippen LogP contribution >= 0.6 is 15.9 Å². The maximum atomic E-state index is 13.5. The zero-order chi connectivity index (χ0) is 13.1. The van der Waals surface area contributed by atoms with Crippen molar-refractivity contribution in [1.29, 1.82) is 0 Å². The molecule has 98 valence electrons. The molecule has 0 spiro atoms. The molecule has 4 heteroatoms. The first kappa shape index (κ1) is 13.5. The van der Waals surface area contributed by atoms with Gasteiger partial charge >= 0.3 is 0 Å². The van der Waals surface area contributed by atoms with Crippen LogP contribution in [0, 0.1) is 5.82 Å². The van der Waals surface area contributed by atoms with Crippen LogP contribution in [0.25, 0.3) is 11.0 Å². The van der Waals surface area contributed by atoms with Crippen LogP contribution in [-0.2, 0) is 0 Å². The van der Waals surface area contributed by atoms with Gasteiger partial charge in [0.1, 0.15) is 11.6 Å². The molecular weight excluding hydrogens is 295 g/mol. The molecule has 0 fully saturated rings. The third-order valence-corrected chi connectivity index (χ3v) is 3.81. The molecule has 18 heavy (non-hydrogen) atoms. The summed E-state index contributed by atoms with van der Waals surface area (Å²) in [7, 11) is 0. The highest BCUT2D eigenvalue weighted by atomic mass is 79.9. The van der Waals surface area contributed by atoms with E-state index in [1.54, 1.807) is 6.07 Å². The normalized spacial score (nSPS) is 11.6. The molecule has 1 heterocycles.